The predicted octanol–water partition coefficient (Wildman–Crippen LogP) is 2.20. The lowest BCUT2D eigenvalue weighted by Crippen LogP contribution is -2.23. The minimum Gasteiger partial charge on any atom is -0.477 e. The molecule has 1 amide bonds. The molecule has 0 bridgehead atoms. The summed E-state index contributed by atoms with van der Waals surface area (Å²) < 4.78 is 5.42. The van der Waals surface area contributed by atoms with Crippen molar-refractivity contribution in [3.05, 3.63) is 42.8 Å². The first-order valence-electron chi connectivity index (χ1n) is 5.86. The fraction of sp³-hybridized carbons (Fsp3) is 0.214. The third-order valence-corrected chi connectivity index (χ3v) is 2.50. The van der Waals surface area contributed by atoms with Gasteiger partial charge in [0.15, 0.2) is 0 Å². The normalized spacial score (nSPS) is 10.3. The number of aromatic nitrogens is 1. The van der Waals surface area contributed by atoms with Crippen LogP contribution in [-0.2, 0) is 0 Å². The molecule has 0 aliphatic rings. The number of amides is 1. The monoisotopic (exact) mass is 243 g/mol. The van der Waals surface area contributed by atoms with E-state index in [2.05, 4.69) is 17.2 Å². The van der Waals surface area contributed by atoms with E-state index in [4.69, 9.17) is 4.74 Å². The second-order valence-electron chi connectivity index (χ2n) is 3.72. The molecular weight excluding hydrogens is 228 g/mol. The third kappa shape index (κ3) is 2.42. The van der Waals surface area contributed by atoms with Gasteiger partial charge in [0.25, 0.3) is 5.91 Å². The molecule has 4 heteroatoms. The van der Waals surface area contributed by atoms with Gasteiger partial charge in [0.1, 0.15) is 5.56 Å². The van der Waals surface area contributed by atoms with E-state index in [9.17, 15) is 4.79 Å². The number of carbonyl (C=O) groups is 1. The molecule has 2 rings (SSSR count). The molecule has 0 aliphatic heterocycles. The predicted molar refractivity (Wildman–Crippen MR) is 70.6 cm³/mol. The Morgan fingerprint density at radius 3 is 2.94 bits per heavy atom. The van der Waals surface area contributed by atoms with Crippen LogP contribution in [0.5, 0.6) is 5.88 Å². The molecule has 0 saturated heterocycles. The van der Waals surface area contributed by atoms with Crippen LogP contribution >= 0.6 is 0 Å². The number of fused-ring (bicyclic) bond motifs is 1. The average Bonchev–Trinajstić information content (AvgIpc) is 2.38. The highest BCUT2D eigenvalue weighted by molar-refractivity contribution is 5.99. The first kappa shape index (κ1) is 12.4. The van der Waals surface area contributed by atoms with Gasteiger partial charge in [0.2, 0.25) is 5.88 Å². The molecule has 1 radical (unpaired) electrons. The molecule has 0 spiro atoms. The molecule has 1 aromatic carbocycles. The van der Waals surface area contributed by atoms with Gasteiger partial charge in [-0.3, -0.25) is 4.79 Å². The van der Waals surface area contributed by atoms with Crippen LogP contribution in [0, 0.1) is 6.92 Å². The summed E-state index contributed by atoms with van der Waals surface area (Å²) in [6.07, 6.45) is 0. The van der Waals surface area contributed by atoms with Crippen molar-refractivity contribution in [3.63, 3.8) is 0 Å². The molecular formula is C14H15N2O2. The van der Waals surface area contributed by atoms with Crippen LogP contribution in [0.15, 0.2) is 30.3 Å². The summed E-state index contributed by atoms with van der Waals surface area (Å²) >= 11 is 0. The summed E-state index contributed by atoms with van der Waals surface area (Å²) in [5.74, 6) is 0.147. The standard InChI is InChI=1S/C14H15N2O2/c1-3-15-13(17)11-9-10-7-5-6-8-12(10)16-14(11)18-4-2/h5-9H,1,3-4H2,2H3,(H,15,17). The van der Waals surface area contributed by atoms with Crippen molar-refractivity contribution < 1.29 is 9.53 Å². The Morgan fingerprint density at radius 2 is 2.22 bits per heavy atom. The lowest BCUT2D eigenvalue weighted by atomic mass is 10.1. The van der Waals surface area contributed by atoms with Crippen LogP contribution in [0.3, 0.4) is 0 Å². The van der Waals surface area contributed by atoms with E-state index in [1.54, 1.807) is 6.07 Å². The molecule has 0 atom stereocenters. The number of ether oxygens (including phenoxy) is 1. The Kier molecular flexibility index (Phi) is 3.77. The van der Waals surface area contributed by atoms with Crippen LogP contribution in [0.25, 0.3) is 10.9 Å². The van der Waals surface area contributed by atoms with Crippen molar-refractivity contribution in [1.29, 1.82) is 0 Å². The van der Waals surface area contributed by atoms with Gasteiger partial charge in [0.05, 0.1) is 12.1 Å². The van der Waals surface area contributed by atoms with Gasteiger partial charge in [0, 0.05) is 11.9 Å². The number of hydrogen-bond acceptors (Lipinski definition) is 3. The zero-order chi connectivity index (χ0) is 13.0. The fourth-order valence-corrected chi connectivity index (χ4v) is 1.72. The average molecular weight is 243 g/mol. The van der Waals surface area contributed by atoms with Gasteiger partial charge < -0.3 is 10.1 Å². The maximum atomic E-state index is 11.9. The summed E-state index contributed by atoms with van der Waals surface area (Å²) in [4.78, 5) is 16.3. The van der Waals surface area contributed by atoms with E-state index in [0.29, 0.717) is 24.6 Å². The van der Waals surface area contributed by atoms with Crippen LogP contribution in [-0.4, -0.2) is 24.0 Å². The second-order valence-corrected chi connectivity index (χ2v) is 3.72. The quantitative estimate of drug-likeness (QED) is 0.895. The number of para-hydroxylation sites is 1. The van der Waals surface area contributed by atoms with Crippen LogP contribution < -0.4 is 10.1 Å². The van der Waals surface area contributed by atoms with Crippen LogP contribution in [0.2, 0.25) is 0 Å². The molecule has 0 unspecified atom stereocenters. The Hall–Kier alpha value is -2.10. The van der Waals surface area contributed by atoms with Crippen molar-refractivity contribution in [1.82, 2.24) is 10.3 Å². The van der Waals surface area contributed by atoms with Crippen molar-refractivity contribution >= 4 is 16.8 Å². The van der Waals surface area contributed by atoms with E-state index in [1.807, 2.05) is 31.2 Å². The van der Waals surface area contributed by atoms with E-state index < -0.39 is 0 Å². The lowest BCUT2D eigenvalue weighted by molar-refractivity contribution is 0.0953. The third-order valence-electron chi connectivity index (χ3n) is 2.50. The number of rotatable bonds is 4. The largest absolute Gasteiger partial charge is 0.477 e. The molecule has 0 aliphatic carbocycles. The number of carbonyl (C=O) groups excluding carboxylic acids is 1. The zero-order valence-electron chi connectivity index (χ0n) is 10.3. The summed E-state index contributed by atoms with van der Waals surface area (Å²) in [5, 5.41) is 3.57. The summed E-state index contributed by atoms with van der Waals surface area (Å²) in [7, 11) is 0. The Morgan fingerprint density at radius 1 is 1.44 bits per heavy atom. The molecule has 1 N–H and O–H groups in total. The molecule has 93 valence electrons. The molecule has 1 aromatic heterocycles. The van der Waals surface area contributed by atoms with E-state index in [0.717, 1.165) is 10.9 Å². The van der Waals surface area contributed by atoms with Gasteiger partial charge in [-0.15, -0.1) is 0 Å². The fourth-order valence-electron chi connectivity index (χ4n) is 1.72. The smallest absolute Gasteiger partial charge is 0.256 e. The first-order valence-corrected chi connectivity index (χ1v) is 5.86. The lowest BCUT2D eigenvalue weighted by Gasteiger charge is -2.10. The van der Waals surface area contributed by atoms with Crippen molar-refractivity contribution in [2.45, 2.75) is 6.92 Å². The van der Waals surface area contributed by atoms with Crippen LogP contribution in [0.1, 0.15) is 17.3 Å². The van der Waals surface area contributed by atoms with Crippen LogP contribution in [0.4, 0.5) is 0 Å². The number of nitrogens with zero attached hydrogens (tertiary/aromatic N) is 1. The van der Waals surface area contributed by atoms with E-state index in [-0.39, 0.29) is 5.91 Å². The highest BCUT2D eigenvalue weighted by atomic mass is 16.5. The molecule has 0 saturated carbocycles. The topological polar surface area (TPSA) is 51.2 Å². The van der Waals surface area contributed by atoms with Gasteiger partial charge in [-0.25, -0.2) is 4.98 Å². The minimum absolute atomic E-state index is 0.216. The summed E-state index contributed by atoms with van der Waals surface area (Å²) in [6.45, 7) is 6.26. The highest BCUT2D eigenvalue weighted by Gasteiger charge is 2.14. The van der Waals surface area contributed by atoms with Gasteiger partial charge in [-0.1, -0.05) is 18.2 Å². The van der Waals surface area contributed by atoms with Crippen molar-refractivity contribution in [3.8, 4) is 5.88 Å². The summed E-state index contributed by atoms with van der Waals surface area (Å²) in [5.41, 5.74) is 1.26. The highest BCUT2D eigenvalue weighted by Crippen LogP contribution is 2.22. The maximum Gasteiger partial charge on any atom is 0.256 e. The van der Waals surface area contributed by atoms with Gasteiger partial charge >= 0.3 is 0 Å². The van der Waals surface area contributed by atoms with Gasteiger partial charge in [-0.05, 0) is 26.0 Å². The summed E-state index contributed by atoms with van der Waals surface area (Å²) in [6, 6.07) is 9.41. The molecule has 2 aromatic rings. The van der Waals surface area contributed by atoms with Gasteiger partial charge in [-0.2, -0.15) is 0 Å². The Labute approximate surface area is 106 Å². The zero-order valence-corrected chi connectivity index (χ0v) is 10.3. The maximum absolute atomic E-state index is 11.9. The molecule has 0 fully saturated rings. The second kappa shape index (κ2) is 5.49. The van der Waals surface area contributed by atoms with Crippen molar-refractivity contribution in [2.24, 2.45) is 0 Å². The molecule has 1 heterocycles. The number of nitrogens with one attached hydrogen (secondary N) is 1. The van der Waals surface area contributed by atoms with E-state index >= 15 is 0 Å². The Bertz CT molecular complexity index is 567. The number of pyridine rings is 1. The SMILES string of the molecule is [CH2]CNC(=O)c1cc2ccccc2nc1OCC. The van der Waals surface area contributed by atoms with E-state index in [1.165, 1.54) is 0 Å². The van der Waals surface area contributed by atoms with Crippen molar-refractivity contribution in [2.75, 3.05) is 13.2 Å². The molecule has 4 nitrogen and oxygen atoms in total. The molecule has 18 heavy (non-hydrogen) atoms. The number of hydrogen-bond donors (Lipinski definition) is 1. The minimum atomic E-state index is -0.216. The number of benzene rings is 1. The Balaban J connectivity index is 2.53. The first-order chi connectivity index (χ1) is 8.76.